The number of nitrogens with zero attached hydrogens (tertiary/aromatic N) is 3. The largest absolute Gasteiger partial charge is 0.483 e. The summed E-state index contributed by atoms with van der Waals surface area (Å²) < 4.78 is 32.3. The van der Waals surface area contributed by atoms with Gasteiger partial charge < -0.3 is 19.5 Å². The van der Waals surface area contributed by atoms with Crippen molar-refractivity contribution in [1.82, 2.24) is 20.3 Å². The normalized spacial score (nSPS) is 14.3. The maximum atomic E-state index is 15.0. The number of aryl methyl sites for hydroxylation is 1. The lowest BCUT2D eigenvalue weighted by Crippen LogP contribution is -2.29. The maximum Gasteiger partial charge on any atom is 0.407 e. The number of methoxy groups -OCH3 is 1. The molecule has 192 valence electrons. The molecule has 0 fully saturated rings. The topological polar surface area (TPSA) is 95.5 Å². The van der Waals surface area contributed by atoms with Gasteiger partial charge in [0.1, 0.15) is 17.7 Å². The van der Waals surface area contributed by atoms with Crippen LogP contribution in [0.1, 0.15) is 16.7 Å². The van der Waals surface area contributed by atoms with Gasteiger partial charge in [0.2, 0.25) is 5.88 Å². The maximum absolute atomic E-state index is 15.0. The van der Waals surface area contributed by atoms with Gasteiger partial charge in [-0.1, -0.05) is 30.3 Å². The molecule has 10 heteroatoms. The minimum Gasteiger partial charge on any atom is -0.483 e. The first kappa shape index (κ1) is 24.1. The Hall–Kier alpha value is -4.31. The number of rotatable bonds is 6. The Kier molecular flexibility index (Phi) is 6.24. The number of ether oxygens (including phenoxy) is 3. The lowest BCUT2D eigenvalue weighted by molar-refractivity contribution is 0.0907. The molecular weight excluding hydrogens is 507 g/mol. The number of hydrogen-bond acceptors (Lipinski definition) is 8. The Labute approximate surface area is 221 Å². The van der Waals surface area contributed by atoms with Crippen LogP contribution in [-0.4, -0.2) is 40.9 Å². The zero-order chi connectivity index (χ0) is 26.2. The Morgan fingerprint density at radius 1 is 1.18 bits per heavy atom. The molecule has 8 nitrogen and oxygen atoms in total. The van der Waals surface area contributed by atoms with Gasteiger partial charge in [0.25, 0.3) is 0 Å². The van der Waals surface area contributed by atoms with Gasteiger partial charge in [-0.15, -0.1) is 11.3 Å². The van der Waals surface area contributed by atoms with Crippen molar-refractivity contribution in [2.75, 3.05) is 13.7 Å². The molecule has 1 N–H and O–H groups in total. The number of thiazole rings is 1. The number of hydrogen-bond donors (Lipinski definition) is 1. The lowest BCUT2D eigenvalue weighted by Gasteiger charge is -2.12. The van der Waals surface area contributed by atoms with Crippen molar-refractivity contribution >= 4 is 38.7 Å². The first-order chi connectivity index (χ1) is 18.5. The second kappa shape index (κ2) is 9.86. The molecule has 0 saturated carbocycles. The van der Waals surface area contributed by atoms with E-state index in [1.165, 1.54) is 17.4 Å². The van der Waals surface area contributed by atoms with Gasteiger partial charge in [-0.05, 0) is 30.2 Å². The van der Waals surface area contributed by atoms with E-state index in [9.17, 15) is 9.18 Å². The Morgan fingerprint density at radius 3 is 2.84 bits per heavy atom. The number of amides is 1. The molecule has 0 unspecified atom stereocenters. The molecule has 3 heterocycles. The summed E-state index contributed by atoms with van der Waals surface area (Å²) in [5, 5.41) is 3.42. The number of nitrogens with one attached hydrogen (secondary N) is 1. The molecule has 1 amide bonds. The third-order valence-electron chi connectivity index (χ3n) is 6.29. The highest BCUT2D eigenvalue weighted by atomic mass is 32.1. The van der Waals surface area contributed by atoms with Gasteiger partial charge >= 0.3 is 6.09 Å². The van der Waals surface area contributed by atoms with Gasteiger partial charge in [0.15, 0.2) is 11.6 Å². The molecule has 1 aliphatic rings. The van der Waals surface area contributed by atoms with E-state index in [4.69, 9.17) is 19.2 Å². The van der Waals surface area contributed by atoms with Crippen LogP contribution in [0.4, 0.5) is 9.18 Å². The standard InChI is InChI=1S/C28H23FN4O4S/c1-15-8-18(24-21(9-15)32-23(35-2)13-30-24)27-33-22-11-20(29)25-19(26(22)38-27)10-17(37-25)14-36-28(34)31-12-16-6-4-3-5-7-16/h3-9,11,13,17H,10,12,14H2,1-2H3,(H,31,34)/t17-/m0/s1. The fraction of sp³-hybridized carbons (Fsp3) is 0.214. The van der Waals surface area contributed by atoms with Gasteiger partial charge in [-0.25, -0.2) is 24.1 Å². The minimum atomic E-state index is -0.553. The number of alkyl carbamates (subject to hydrolysis) is 1. The van der Waals surface area contributed by atoms with E-state index in [1.54, 1.807) is 13.3 Å². The highest BCUT2D eigenvalue weighted by Crippen LogP contribution is 2.43. The van der Waals surface area contributed by atoms with Crippen molar-refractivity contribution in [3.63, 3.8) is 0 Å². The van der Waals surface area contributed by atoms with Crippen molar-refractivity contribution in [1.29, 1.82) is 0 Å². The van der Waals surface area contributed by atoms with Crippen LogP contribution in [0.5, 0.6) is 11.6 Å². The third kappa shape index (κ3) is 4.58. The van der Waals surface area contributed by atoms with E-state index in [-0.39, 0.29) is 12.4 Å². The fourth-order valence-corrected chi connectivity index (χ4v) is 5.65. The molecule has 6 rings (SSSR count). The van der Waals surface area contributed by atoms with E-state index in [0.717, 1.165) is 27.0 Å². The summed E-state index contributed by atoms with van der Waals surface area (Å²) in [4.78, 5) is 26.0. The van der Waals surface area contributed by atoms with E-state index < -0.39 is 18.0 Å². The molecular formula is C28H23FN4O4S. The number of benzene rings is 3. The van der Waals surface area contributed by atoms with E-state index in [1.807, 2.05) is 49.4 Å². The minimum absolute atomic E-state index is 0.00182. The molecule has 0 bridgehead atoms. The molecule has 5 aromatic rings. The average Bonchev–Trinajstić information content (AvgIpc) is 3.55. The second-order valence-corrected chi connectivity index (χ2v) is 10.0. The zero-order valence-corrected chi connectivity index (χ0v) is 21.5. The summed E-state index contributed by atoms with van der Waals surface area (Å²) >= 11 is 1.45. The summed E-state index contributed by atoms with van der Waals surface area (Å²) in [5.41, 5.74) is 5.44. The van der Waals surface area contributed by atoms with Crippen LogP contribution in [0.15, 0.2) is 54.7 Å². The summed E-state index contributed by atoms with van der Waals surface area (Å²) in [6, 6.07) is 14.9. The highest BCUT2D eigenvalue weighted by Gasteiger charge is 2.31. The van der Waals surface area contributed by atoms with Crippen LogP contribution < -0.4 is 14.8 Å². The number of carbonyl (C=O) groups is 1. The van der Waals surface area contributed by atoms with Crippen molar-refractivity contribution in [2.45, 2.75) is 26.0 Å². The van der Waals surface area contributed by atoms with E-state index in [0.29, 0.717) is 40.4 Å². The monoisotopic (exact) mass is 530 g/mol. The predicted molar refractivity (Wildman–Crippen MR) is 142 cm³/mol. The number of carbonyl (C=O) groups excluding carboxylic acids is 1. The van der Waals surface area contributed by atoms with Gasteiger partial charge in [0.05, 0.1) is 34.6 Å². The molecule has 2 aromatic heterocycles. The quantitative estimate of drug-likeness (QED) is 0.306. The first-order valence-electron chi connectivity index (χ1n) is 12.0. The highest BCUT2D eigenvalue weighted by molar-refractivity contribution is 7.22. The van der Waals surface area contributed by atoms with Crippen LogP contribution in [0.25, 0.3) is 31.8 Å². The first-order valence-corrected chi connectivity index (χ1v) is 12.8. The summed E-state index contributed by atoms with van der Waals surface area (Å²) in [6.45, 7) is 2.33. The van der Waals surface area contributed by atoms with Crippen molar-refractivity contribution < 1.29 is 23.4 Å². The summed E-state index contributed by atoms with van der Waals surface area (Å²) in [6.07, 6.45) is 0.933. The van der Waals surface area contributed by atoms with Crippen LogP contribution in [0.2, 0.25) is 0 Å². The average molecular weight is 531 g/mol. The molecule has 0 saturated heterocycles. The molecule has 0 spiro atoms. The predicted octanol–water partition coefficient (Wildman–Crippen LogP) is 5.59. The van der Waals surface area contributed by atoms with Gasteiger partial charge in [-0.2, -0.15) is 0 Å². The van der Waals surface area contributed by atoms with Crippen molar-refractivity contribution in [3.05, 3.63) is 77.2 Å². The fourth-order valence-electron chi connectivity index (χ4n) is 4.53. The van der Waals surface area contributed by atoms with E-state index in [2.05, 4.69) is 15.3 Å². The smallest absolute Gasteiger partial charge is 0.407 e. The molecule has 3 aromatic carbocycles. The van der Waals surface area contributed by atoms with Crippen LogP contribution in [-0.2, 0) is 17.7 Å². The van der Waals surface area contributed by atoms with Crippen LogP contribution in [0.3, 0.4) is 0 Å². The zero-order valence-electron chi connectivity index (χ0n) is 20.7. The van der Waals surface area contributed by atoms with Crippen LogP contribution in [0, 0.1) is 12.7 Å². The summed E-state index contributed by atoms with van der Waals surface area (Å²) in [7, 11) is 1.55. The molecule has 0 radical (unpaired) electrons. The van der Waals surface area contributed by atoms with Crippen LogP contribution >= 0.6 is 11.3 Å². The molecule has 1 atom stereocenters. The van der Waals surface area contributed by atoms with Crippen molar-refractivity contribution in [3.8, 4) is 22.2 Å². The number of aromatic nitrogens is 3. The Morgan fingerprint density at radius 2 is 2.03 bits per heavy atom. The third-order valence-corrected chi connectivity index (χ3v) is 7.45. The SMILES string of the molecule is COc1cnc2c(-c3nc4cc(F)c5c(c4s3)C[C@@H](COC(=O)NCc3ccccc3)O5)cc(C)cc2n1. The molecule has 0 aliphatic carbocycles. The Balaban J connectivity index is 1.23. The van der Waals surface area contributed by atoms with E-state index >= 15 is 0 Å². The number of fused-ring (bicyclic) bond motifs is 4. The van der Waals surface area contributed by atoms with Gasteiger partial charge in [-0.3, -0.25) is 0 Å². The second-order valence-electron chi connectivity index (χ2n) is 9.01. The molecule has 1 aliphatic heterocycles. The van der Waals surface area contributed by atoms with Crippen molar-refractivity contribution in [2.24, 2.45) is 0 Å². The molecule has 38 heavy (non-hydrogen) atoms. The number of halogens is 1. The van der Waals surface area contributed by atoms with Gasteiger partial charge in [0, 0.05) is 30.2 Å². The Bertz CT molecular complexity index is 1670. The summed E-state index contributed by atoms with van der Waals surface area (Å²) in [5.74, 6) is 0.126. The lowest BCUT2D eigenvalue weighted by atomic mass is 10.1.